The highest BCUT2D eigenvalue weighted by atomic mass is 32.2. The molecular weight excluding hydrogens is 436 g/mol. The maximum absolute atomic E-state index is 11.7. The first-order valence-corrected chi connectivity index (χ1v) is 12.7. The molecule has 32 heavy (non-hydrogen) atoms. The van der Waals surface area contributed by atoms with Crippen LogP contribution in [-0.2, 0) is 19.6 Å². The summed E-state index contributed by atoms with van der Waals surface area (Å²) >= 11 is 0. The van der Waals surface area contributed by atoms with Crippen LogP contribution >= 0.6 is 0 Å². The van der Waals surface area contributed by atoms with Crippen LogP contribution in [0.2, 0.25) is 0 Å². The second-order valence-electron chi connectivity index (χ2n) is 8.46. The molecule has 0 aromatic carbocycles. The Hall–Kier alpha value is -2.31. The van der Waals surface area contributed by atoms with Gasteiger partial charge in [-0.3, -0.25) is 0 Å². The number of hydrogen-bond donors (Lipinski definition) is 3. The summed E-state index contributed by atoms with van der Waals surface area (Å²) in [6.45, 7) is 4.63. The molecule has 0 bridgehead atoms. The van der Waals surface area contributed by atoms with E-state index in [-0.39, 0.29) is 18.7 Å². The number of carbonyl (C=O) groups excluding carboxylic acids is 1. The molecule has 1 saturated heterocycles. The zero-order valence-corrected chi connectivity index (χ0v) is 19.6. The van der Waals surface area contributed by atoms with Gasteiger partial charge in [-0.05, 0) is 46.0 Å². The minimum atomic E-state index is -3.19. The van der Waals surface area contributed by atoms with Crippen LogP contribution < -0.4 is 10.6 Å². The van der Waals surface area contributed by atoms with E-state index < -0.39 is 21.6 Å². The van der Waals surface area contributed by atoms with Crippen molar-refractivity contribution in [2.45, 2.75) is 63.6 Å². The number of nitrogens with one attached hydrogen (secondary N) is 2. The van der Waals surface area contributed by atoms with E-state index in [1.165, 1.54) is 16.8 Å². The molecule has 2 fully saturated rings. The number of aliphatic imine (C=N–C) groups is 1. The zero-order chi connectivity index (χ0) is 23.4. The molecule has 1 aromatic rings. The van der Waals surface area contributed by atoms with Crippen LogP contribution in [0.5, 0.6) is 0 Å². The Bertz CT molecular complexity index is 944. The lowest BCUT2D eigenvalue weighted by Crippen LogP contribution is -2.42. The molecule has 0 spiro atoms. The van der Waals surface area contributed by atoms with E-state index in [1.54, 1.807) is 13.8 Å². The number of piperidine rings is 1. The fourth-order valence-corrected chi connectivity index (χ4v) is 4.88. The highest BCUT2D eigenvalue weighted by Crippen LogP contribution is 2.34. The van der Waals surface area contributed by atoms with E-state index >= 15 is 0 Å². The van der Waals surface area contributed by atoms with E-state index in [9.17, 15) is 18.3 Å². The van der Waals surface area contributed by atoms with Gasteiger partial charge in [0.25, 0.3) is 0 Å². The zero-order valence-electron chi connectivity index (χ0n) is 18.7. The van der Waals surface area contributed by atoms with Crippen molar-refractivity contribution in [2.75, 3.05) is 36.6 Å². The lowest BCUT2D eigenvalue weighted by atomic mass is 10.0. The lowest BCUT2D eigenvalue weighted by Gasteiger charge is -2.31. The summed E-state index contributed by atoms with van der Waals surface area (Å²) in [5.74, 6) is 0.216. The van der Waals surface area contributed by atoms with E-state index in [0.717, 1.165) is 19.1 Å². The summed E-state index contributed by atoms with van der Waals surface area (Å²) in [4.78, 5) is 24.7. The molecule has 0 radical (unpaired) electrons. The molecule has 11 nitrogen and oxygen atoms in total. The van der Waals surface area contributed by atoms with Crippen LogP contribution in [0.1, 0.15) is 46.0 Å². The first kappa shape index (κ1) is 24.3. The highest BCUT2D eigenvalue weighted by Gasteiger charge is 2.37. The summed E-state index contributed by atoms with van der Waals surface area (Å²) in [5.41, 5.74) is -0.516. The average molecular weight is 469 g/mol. The van der Waals surface area contributed by atoms with E-state index in [1.807, 2.05) is 0 Å². The summed E-state index contributed by atoms with van der Waals surface area (Å²) in [5, 5.41) is 17.2. The third-order valence-corrected chi connectivity index (χ3v) is 7.16. The fourth-order valence-electron chi connectivity index (χ4n) is 4.00. The van der Waals surface area contributed by atoms with Crippen molar-refractivity contribution in [3.05, 3.63) is 6.20 Å². The Balaban J connectivity index is 1.75. The first-order valence-electron chi connectivity index (χ1n) is 10.9. The van der Waals surface area contributed by atoms with Crippen LogP contribution in [0, 0.1) is 0 Å². The minimum Gasteiger partial charge on any atom is -0.462 e. The predicted molar refractivity (Wildman–Crippen MR) is 122 cm³/mol. The summed E-state index contributed by atoms with van der Waals surface area (Å²) < 4.78 is 29.8. The third kappa shape index (κ3) is 6.36. The Kier molecular flexibility index (Phi) is 7.67. The second-order valence-corrected chi connectivity index (χ2v) is 10.4. The van der Waals surface area contributed by atoms with E-state index in [0.29, 0.717) is 49.8 Å². The molecule has 0 unspecified atom stereocenters. The molecule has 2 aliphatic rings. The minimum absolute atomic E-state index is 0.0318. The van der Waals surface area contributed by atoms with Gasteiger partial charge in [-0.1, -0.05) is 0 Å². The van der Waals surface area contributed by atoms with Gasteiger partial charge >= 0.3 is 5.97 Å². The SMILES string of the molecule is CCOC(=O)/C=N/c1cnc(NC2CCN(S(C)(=O)=O)CC2)nc1N[C@@H]1CCC[C@@]1(C)O. The maximum Gasteiger partial charge on any atom is 0.349 e. The molecule has 1 saturated carbocycles. The predicted octanol–water partition coefficient (Wildman–Crippen LogP) is 1.29. The molecule has 2 heterocycles. The van der Waals surface area contributed by atoms with Crippen LogP contribution in [-0.4, -0.2) is 83.6 Å². The number of rotatable bonds is 8. The van der Waals surface area contributed by atoms with Crippen LogP contribution in [0.3, 0.4) is 0 Å². The number of ether oxygens (including phenoxy) is 1. The summed E-state index contributed by atoms with van der Waals surface area (Å²) in [6.07, 6.45) is 7.43. The van der Waals surface area contributed by atoms with Crippen LogP contribution in [0.25, 0.3) is 0 Å². The van der Waals surface area contributed by atoms with E-state index in [2.05, 4.69) is 25.6 Å². The van der Waals surface area contributed by atoms with Crippen molar-refractivity contribution >= 4 is 39.7 Å². The second kappa shape index (κ2) is 10.1. The Morgan fingerprint density at radius 2 is 2.09 bits per heavy atom. The number of nitrogens with zero attached hydrogens (tertiary/aromatic N) is 4. The van der Waals surface area contributed by atoms with Gasteiger partial charge in [0.05, 0.1) is 30.7 Å². The van der Waals surface area contributed by atoms with Gasteiger partial charge in [-0.2, -0.15) is 4.98 Å². The molecule has 0 amide bonds. The van der Waals surface area contributed by atoms with Gasteiger partial charge in [0, 0.05) is 19.1 Å². The van der Waals surface area contributed by atoms with Crippen molar-refractivity contribution in [3.8, 4) is 0 Å². The maximum atomic E-state index is 11.7. The Morgan fingerprint density at radius 1 is 1.38 bits per heavy atom. The van der Waals surface area contributed by atoms with E-state index in [4.69, 9.17) is 4.74 Å². The van der Waals surface area contributed by atoms with Crippen molar-refractivity contribution in [3.63, 3.8) is 0 Å². The standard InChI is InChI=1S/C20H32N6O5S/c1-4-31-17(27)13-21-15-12-22-19(23-14-7-10-26(11-8-14)32(3,29)30)25-18(15)24-16-6-5-9-20(16,2)28/h12-14,16,28H,4-11H2,1-3H3,(H2,22,23,24,25)/b21-13+/t16-,20-/m1/s1. The number of hydrogen-bond acceptors (Lipinski definition) is 10. The third-order valence-electron chi connectivity index (χ3n) is 5.86. The number of esters is 1. The van der Waals surface area contributed by atoms with Crippen LogP contribution in [0.15, 0.2) is 11.2 Å². The molecule has 12 heteroatoms. The molecule has 2 atom stereocenters. The summed E-state index contributed by atoms with van der Waals surface area (Å²) in [6, 6.07) is -0.177. The van der Waals surface area contributed by atoms with Gasteiger partial charge in [0.15, 0.2) is 5.82 Å². The number of carbonyl (C=O) groups is 1. The number of sulfonamides is 1. The van der Waals surface area contributed by atoms with Gasteiger partial charge in [-0.15, -0.1) is 0 Å². The Labute approximate surface area is 188 Å². The fraction of sp³-hybridized carbons (Fsp3) is 0.700. The molecule has 178 valence electrons. The lowest BCUT2D eigenvalue weighted by molar-refractivity contribution is -0.134. The van der Waals surface area contributed by atoms with Crippen molar-refractivity contribution in [1.29, 1.82) is 0 Å². The quantitative estimate of drug-likeness (QED) is 0.379. The highest BCUT2D eigenvalue weighted by molar-refractivity contribution is 7.88. The van der Waals surface area contributed by atoms with Crippen LogP contribution in [0.4, 0.5) is 17.5 Å². The molecule has 1 aromatic heterocycles. The average Bonchev–Trinajstić information content (AvgIpc) is 3.05. The number of aliphatic hydroxyl groups is 1. The number of aromatic nitrogens is 2. The molecule has 3 rings (SSSR count). The molecular formula is C20H32N6O5S. The first-order chi connectivity index (χ1) is 15.1. The Morgan fingerprint density at radius 3 is 2.69 bits per heavy atom. The van der Waals surface area contributed by atoms with Crippen molar-refractivity contribution < 1.29 is 23.1 Å². The monoisotopic (exact) mass is 468 g/mol. The molecule has 3 N–H and O–H groups in total. The van der Waals surface area contributed by atoms with Gasteiger partial charge in [0.1, 0.15) is 11.9 Å². The largest absolute Gasteiger partial charge is 0.462 e. The number of anilines is 2. The van der Waals surface area contributed by atoms with Gasteiger partial charge in [0.2, 0.25) is 16.0 Å². The van der Waals surface area contributed by atoms with Gasteiger partial charge < -0.3 is 20.5 Å². The topological polar surface area (TPSA) is 146 Å². The van der Waals surface area contributed by atoms with Crippen molar-refractivity contribution in [2.24, 2.45) is 4.99 Å². The molecule has 1 aliphatic carbocycles. The smallest absolute Gasteiger partial charge is 0.349 e. The van der Waals surface area contributed by atoms with Crippen molar-refractivity contribution in [1.82, 2.24) is 14.3 Å². The van der Waals surface area contributed by atoms with Gasteiger partial charge in [-0.25, -0.2) is 27.5 Å². The summed E-state index contributed by atoms with van der Waals surface area (Å²) in [7, 11) is -3.19. The molecule has 1 aliphatic heterocycles. The normalized spacial score (nSPS) is 25.2.